The molecule has 96 valence electrons. The Hall–Kier alpha value is -2.44. The second-order valence-corrected chi connectivity index (χ2v) is 3.33. The van der Waals surface area contributed by atoms with Crippen LogP contribution in [0.1, 0.15) is 21.8 Å². The zero-order chi connectivity index (χ0) is 13.9. The second-order valence-electron chi connectivity index (χ2n) is 3.33. The number of benzene rings is 1. The molecule has 7 heteroatoms. The van der Waals surface area contributed by atoms with Gasteiger partial charge in [-0.2, -0.15) is 0 Å². The molecule has 0 saturated heterocycles. The minimum Gasteiger partial charge on any atom is -0.480 e. The number of carbonyl (C=O) groups excluding carboxylic acids is 1. The normalized spacial score (nSPS) is 10.2. The maximum absolute atomic E-state index is 13.0. The van der Waals surface area contributed by atoms with Crippen molar-refractivity contribution in [2.75, 3.05) is 7.11 Å². The minimum atomic E-state index is -1.96. The van der Waals surface area contributed by atoms with Crippen LogP contribution in [0.15, 0.2) is 18.2 Å². The minimum absolute atomic E-state index is 0.330. The third-order valence-electron chi connectivity index (χ3n) is 2.23. The van der Waals surface area contributed by atoms with E-state index in [4.69, 9.17) is 10.2 Å². The molecule has 0 heterocycles. The van der Waals surface area contributed by atoms with Gasteiger partial charge in [0, 0.05) is 0 Å². The van der Waals surface area contributed by atoms with E-state index in [0.717, 1.165) is 25.3 Å². The molecule has 0 spiro atoms. The van der Waals surface area contributed by atoms with Gasteiger partial charge in [0.05, 0.1) is 12.7 Å². The highest BCUT2D eigenvalue weighted by molar-refractivity contribution is 6.02. The molecule has 0 fully saturated rings. The van der Waals surface area contributed by atoms with Crippen LogP contribution in [0.5, 0.6) is 0 Å². The van der Waals surface area contributed by atoms with Crippen LogP contribution in [0.3, 0.4) is 0 Å². The molecule has 0 radical (unpaired) electrons. The molecule has 0 aliphatic carbocycles. The largest absolute Gasteiger partial charge is 0.480 e. The standard InChI is InChI=1S/C11H9FO6/c1-18-11(17)7-4-5(12)2-3-6(7)8(9(13)14)10(15)16/h2-4,8H,1H3,(H,13,14)(H,15,16). The van der Waals surface area contributed by atoms with Crippen LogP contribution in [-0.2, 0) is 14.3 Å². The molecule has 0 aliphatic rings. The highest BCUT2D eigenvalue weighted by atomic mass is 19.1. The van der Waals surface area contributed by atoms with Crippen molar-refractivity contribution >= 4 is 17.9 Å². The molecule has 0 aliphatic heterocycles. The Balaban J connectivity index is 3.42. The van der Waals surface area contributed by atoms with Crippen molar-refractivity contribution in [2.24, 2.45) is 0 Å². The predicted molar refractivity (Wildman–Crippen MR) is 55.8 cm³/mol. The number of hydrogen-bond donors (Lipinski definition) is 2. The van der Waals surface area contributed by atoms with Crippen molar-refractivity contribution in [3.05, 3.63) is 35.1 Å². The zero-order valence-corrected chi connectivity index (χ0v) is 9.21. The smallest absolute Gasteiger partial charge is 0.338 e. The highest BCUT2D eigenvalue weighted by Gasteiger charge is 2.32. The monoisotopic (exact) mass is 256 g/mol. The predicted octanol–water partition coefficient (Wildman–Crippen LogP) is 0.865. The summed E-state index contributed by atoms with van der Waals surface area (Å²) >= 11 is 0. The van der Waals surface area contributed by atoms with Gasteiger partial charge in [-0.1, -0.05) is 6.07 Å². The molecule has 18 heavy (non-hydrogen) atoms. The number of methoxy groups -OCH3 is 1. The van der Waals surface area contributed by atoms with Crippen molar-refractivity contribution in [3.63, 3.8) is 0 Å². The molecule has 0 atom stereocenters. The number of ether oxygens (including phenoxy) is 1. The summed E-state index contributed by atoms with van der Waals surface area (Å²) in [7, 11) is 1.02. The average molecular weight is 256 g/mol. The van der Waals surface area contributed by atoms with Gasteiger partial charge in [-0.15, -0.1) is 0 Å². The molecule has 0 saturated carbocycles. The van der Waals surface area contributed by atoms with E-state index in [9.17, 15) is 18.8 Å². The molecule has 6 nitrogen and oxygen atoms in total. The van der Waals surface area contributed by atoms with Crippen LogP contribution in [0.25, 0.3) is 0 Å². The molecule has 0 unspecified atom stereocenters. The number of carboxylic acids is 2. The van der Waals surface area contributed by atoms with E-state index >= 15 is 0 Å². The fourth-order valence-electron chi connectivity index (χ4n) is 1.44. The van der Waals surface area contributed by atoms with Gasteiger partial charge in [-0.05, 0) is 17.7 Å². The van der Waals surface area contributed by atoms with Gasteiger partial charge in [-0.3, -0.25) is 9.59 Å². The topological polar surface area (TPSA) is 101 Å². The first-order chi connectivity index (χ1) is 8.38. The molecule has 1 aromatic rings. The van der Waals surface area contributed by atoms with Gasteiger partial charge in [0.15, 0.2) is 5.92 Å². The van der Waals surface area contributed by atoms with Crippen LogP contribution in [0.4, 0.5) is 4.39 Å². The summed E-state index contributed by atoms with van der Waals surface area (Å²) < 4.78 is 17.4. The van der Waals surface area contributed by atoms with Crippen LogP contribution >= 0.6 is 0 Å². The van der Waals surface area contributed by atoms with Crippen LogP contribution < -0.4 is 0 Å². The van der Waals surface area contributed by atoms with E-state index in [1.54, 1.807) is 0 Å². The van der Waals surface area contributed by atoms with Crippen LogP contribution in [-0.4, -0.2) is 35.2 Å². The second kappa shape index (κ2) is 5.26. The molecule has 0 amide bonds. The van der Waals surface area contributed by atoms with Crippen molar-refractivity contribution in [3.8, 4) is 0 Å². The Morgan fingerprint density at radius 1 is 1.22 bits per heavy atom. The Morgan fingerprint density at radius 3 is 2.22 bits per heavy atom. The summed E-state index contributed by atoms with van der Waals surface area (Å²) in [5, 5.41) is 17.6. The number of carbonyl (C=O) groups is 3. The lowest BCUT2D eigenvalue weighted by Gasteiger charge is -2.12. The van der Waals surface area contributed by atoms with E-state index in [2.05, 4.69) is 4.74 Å². The number of carboxylic acid groups (broad SMARTS) is 2. The Bertz CT molecular complexity index is 496. The van der Waals surface area contributed by atoms with Crippen molar-refractivity contribution in [1.29, 1.82) is 0 Å². The Morgan fingerprint density at radius 2 is 1.78 bits per heavy atom. The maximum atomic E-state index is 13.0. The lowest BCUT2D eigenvalue weighted by molar-refractivity contribution is -0.150. The fourth-order valence-corrected chi connectivity index (χ4v) is 1.44. The van der Waals surface area contributed by atoms with Gasteiger partial charge in [-0.25, -0.2) is 9.18 Å². The number of aliphatic carboxylic acids is 2. The first-order valence-corrected chi connectivity index (χ1v) is 4.71. The Labute approximate surface area is 101 Å². The van der Waals surface area contributed by atoms with E-state index in [0.29, 0.717) is 0 Å². The summed E-state index contributed by atoms with van der Waals surface area (Å²) in [5.74, 6) is -7.07. The van der Waals surface area contributed by atoms with Crippen molar-refractivity contribution < 1.29 is 33.7 Å². The molecule has 2 N–H and O–H groups in total. The fraction of sp³-hybridized carbons (Fsp3) is 0.182. The van der Waals surface area contributed by atoms with Crippen molar-refractivity contribution in [1.82, 2.24) is 0 Å². The highest BCUT2D eigenvalue weighted by Crippen LogP contribution is 2.23. The third kappa shape index (κ3) is 2.62. The van der Waals surface area contributed by atoms with E-state index < -0.39 is 35.2 Å². The SMILES string of the molecule is COC(=O)c1cc(F)ccc1C(C(=O)O)C(=O)O. The number of rotatable bonds is 4. The van der Waals surface area contributed by atoms with Crippen LogP contribution in [0.2, 0.25) is 0 Å². The lowest BCUT2D eigenvalue weighted by atomic mass is 9.94. The molecular formula is C11H9FO6. The quantitative estimate of drug-likeness (QED) is 0.612. The van der Waals surface area contributed by atoms with Crippen LogP contribution in [0, 0.1) is 5.82 Å². The molecule has 1 rings (SSSR count). The van der Waals surface area contributed by atoms with Crippen molar-refractivity contribution in [2.45, 2.75) is 5.92 Å². The lowest BCUT2D eigenvalue weighted by Crippen LogP contribution is -2.23. The number of esters is 1. The van der Waals surface area contributed by atoms with Gasteiger partial charge in [0.25, 0.3) is 0 Å². The van der Waals surface area contributed by atoms with E-state index in [-0.39, 0.29) is 5.56 Å². The summed E-state index contributed by atoms with van der Waals surface area (Å²) in [6.07, 6.45) is 0. The third-order valence-corrected chi connectivity index (χ3v) is 2.23. The molecular weight excluding hydrogens is 247 g/mol. The maximum Gasteiger partial charge on any atom is 0.338 e. The summed E-state index contributed by atoms with van der Waals surface area (Å²) in [4.78, 5) is 33.1. The van der Waals surface area contributed by atoms with E-state index in [1.807, 2.05) is 0 Å². The zero-order valence-electron chi connectivity index (χ0n) is 9.21. The molecule has 1 aromatic carbocycles. The first-order valence-electron chi connectivity index (χ1n) is 4.71. The summed E-state index contributed by atoms with van der Waals surface area (Å²) in [5.41, 5.74) is -0.754. The molecule has 0 aromatic heterocycles. The first kappa shape index (κ1) is 13.6. The Kier molecular flexibility index (Phi) is 3.98. The summed E-state index contributed by atoms with van der Waals surface area (Å²) in [6.45, 7) is 0. The van der Waals surface area contributed by atoms with Gasteiger partial charge < -0.3 is 14.9 Å². The summed E-state index contributed by atoms with van der Waals surface area (Å²) in [6, 6.07) is 2.55. The molecule has 0 bridgehead atoms. The average Bonchev–Trinajstić information content (AvgIpc) is 2.29. The number of halogens is 1. The van der Waals surface area contributed by atoms with E-state index in [1.165, 1.54) is 0 Å². The van der Waals surface area contributed by atoms with Gasteiger partial charge in [0.1, 0.15) is 5.82 Å². The number of hydrogen-bond acceptors (Lipinski definition) is 4. The van der Waals surface area contributed by atoms with Gasteiger partial charge >= 0.3 is 17.9 Å². The van der Waals surface area contributed by atoms with Gasteiger partial charge in [0.2, 0.25) is 0 Å².